The Hall–Kier alpha value is -1.76. The van der Waals surface area contributed by atoms with E-state index in [0.29, 0.717) is 24.8 Å². The minimum Gasteiger partial charge on any atom is -0.383 e. The number of aromatic nitrogens is 2. The zero-order valence-electron chi connectivity index (χ0n) is 12.9. The van der Waals surface area contributed by atoms with Gasteiger partial charge in [0.05, 0.1) is 6.61 Å². The zero-order valence-corrected chi connectivity index (χ0v) is 12.9. The summed E-state index contributed by atoms with van der Waals surface area (Å²) in [6.07, 6.45) is 1.73. The standard InChI is InChI=1S/C14H24N4O3/c1-4-6-18-12(15)11(13(19)17(3)14(18)20)16-9(2)10-5-7-21-8-10/h9-10,16H,4-8,15H2,1-3H3. The first kappa shape index (κ1) is 15.6. The Labute approximate surface area is 123 Å². The van der Waals surface area contributed by atoms with Gasteiger partial charge in [-0.3, -0.25) is 13.9 Å². The van der Waals surface area contributed by atoms with Crippen molar-refractivity contribution >= 4 is 11.5 Å². The van der Waals surface area contributed by atoms with Crippen molar-refractivity contribution in [2.75, 3.05) is 24.3 Å². The zero-order chi connectivity index (χ0) is 15.6. The molecule has 0 saturated carbocycles. The quantitative estimate of drug-likeness (QED) is 0.819. The normalized spacial score (nSPS) is 19.7. The van der Waals surface area contributed by atoms with Crippen molar-refractivity contribution in [2.24, 2.45) is 13.0 Å². The smallest absolute Gasteiger partial charge is 0.332 e. The lowest BCUT2D eigenvalue weighted by Crippen LogP contribution is -2.42. The Balaban J connectivity index is 2.38. The molecule has 0 amide bonds. The third kappa shape index (κ3) is 2.97. The number of nitrogen functional groups attached to an aromatic ring is 1. The maximum atomic E-state index is 12.3. The molecule has 1 aliphatic rings. The minimum atomic E-state index is -0.379. The molecule has 0 aliphatic carbocycles. The Bertz CT molecular complexity index is 614. The number of nitrogens with two attached hydrogens (primary N) is 1. The average Bonchev–Trinajstić information content (AvgIpc) is 3.00. The molecule has 0 bridgehead atoms. The Kier molecular flexibility index (Phi) is 4.72. The van der Waals surface area contributed by atoms with Gasteiger partial charge in [-0.15, -0.1) is 0 Å². The maximum Gasteiger partial charge on any atom is 0.332 e. The fourth-order valence-electron chi connectivity index (χ4n) is 2.65. The molecule has 1 aliphatic heterocycles. The van der Waals surface area contributed by atoms with Crippen molar-refractivity contribution in [1.29, 1.82) is 0 Å². The van der Waals surface area contributed by atoms with Crippen molar-refractivity contribution in [3.05, 3.63) is 20.8 Å². The van der Waals surface area contributed by atoms with E-state index in [2.05, 4.69) is 5.32 Å². The molecule has 0 spiro atoms. The highest BCUT2D eigenvalue weighted by Crippen LogP contribution is 2.21. The average molecular weight is 296 g/mol. The summed E-state index contributed by atoms with van der Waals surface area (Å²) in [4.78, 5) is 24.4. The third-order valence-electron chi connectivity index (χ3n) is 4.07. The first-order chi connectivity index (χ1) is 9.97. The summed E-state index contributed by atoms with van der Waals surface area (Å²) < 4.78 is 7.92. The van der Waals surface area contributed by atoms with Crippen LogP contribution in [0.3, 0.4) is 0 Å². The van der Waals surface area contributed by atoms with E-state index in [1.54, 1.807) is 0 Å². The molecule has 2 unspecified atom stereocenters. The number of anilines is 2. The molecule has 2 heterocycles. The molecule has 1 saturated heterocycles. The molecule has 0 radical (unpaired) electrons. The SMILES string of the molecule is CCCn1c(N)c(NC(C)C2CCOC2)c(=O)n(C)c1=O. The van der Waals surface area contributed by atoms with Crippen LogP contribution in [0.4, 0.5) is 11.5 Å². The summed E-state index contributed by atoms with van der Waals surface area (Å²) in [6.45, 7) is 5.90. The summed E-state index contributed by atoms with van der Waals surface area (Å²) in [6, 6.07) is 0.0649. The highest BCUT2D eigenvalue weighted by atomic mass is 16.5. The summed E-state index contributed by atoms with van der Waals surface area (Å²) in [7, 11) is 1.48. The molecule has 7 heteroatoms. The van der Waals surface area contributed by atoms with Crippen molar-refractivity contribution in [1.82, 2.24) is 9.13 Å². The second kappa shape index (κ2) is 6.34. The van der Waals surface area contributed by atoms with Gasteiger partial charge in [-0.2, -0.15) is 0 Å². The predicted octanol–water partition coefficient (Wildman–Crippen LogP) is 0.376. The van der Waals surface area contributed by atoms with Gasteiger partial charge in [-0.05, 0) is 19.8 Å². The minimum absolute atomic E-state index is 0.0649. The van der Waals surface area contributed by atoms with Gasteiger partial charge in [0.1, 0.15) is 11.5 Å². The second-order valence-electron chi connectivity index (χ2n) is 5.62. The van der Waals surface area contributed by atoms with Crippen LogP contribution in [0.1, 0.15) is 26.7 Å². The highest BCUT2D eigenvalue weighted by molar-refractivity contribution is 5.61. The van der Waals surface area contributed by atoms with Crippen LogP contribution in [0, 0.1) is 5.92 Å². The molecule has 2 atom stereocenters. The Morgan fingerprint density at radius 3 is 2.76 bits per heavy atom. The molecule has 3 N–H and O–H groups in total. The lowest BCUT2D eigenvalue weighted by molar-refractivity contribution is 0.183. The monoisotopic (exact) mass is 296 g/mol. The third-order valence-corrected chi connectivity index (χ3v) is 4.07. The van der Waals surface area contributed by atoms with Crippen LogP contribution in [-0.2, 0) is 18.3 Å². The Morgan fingerprint density at radius 1 is 1.48 bits per heavy atom. The lowest BCUT2D eigenvalue weighted by atomic mass is 10.0. The summed E-state index contributed by atoms with van der Waals surface area (Å²) in [5.74, 6) is 0.566. The van der Waals surface area contributed by atoms with E-state index in [0.717, 1.165) is 24.0 Å². The molecular formula is C14H24N4O3. The van der Waals surface area contributed by atoms with Gasteiger partial charge in [0, 0.05) is 32.2 Å². The largest absolute Gasteiger partial charge is 0.383 e. The molecule has 7 nitrogen and oxygen atoms in total. The molecule has 2 rings (SSSR count). The number of hydrogen-bond acceptors (Lipinski definition) is 5. The van der Waals surface area contributed by atoms with Gasteiger partial charge >= 0.3 is 5.69 Å². The first-order valence-corrected chi connectivity index (χ1v) is 7.41. The summed E-state index contributed by atoms with van der Waals surface area (Å²) in [5, 5.41) is 3.19. The van der Waals surface area contributed by atoms with Gasteiger partial charge in [0.25, 0.3) is 5.56 Å². The fraction of sp³-hybridized carbons (Fsp3) is 0.714. The van der Waals surface area contributed by atoms with E-state index in [1.165, 1.54) is 11.6 Å². The molecule has 21 heavy (non-hydrogen) atoms. The predicted molar refractivity (Wildman–Crippen MR) is 82.7 cm³/mol. The van der Waals surface area contributed by atoms with Gasteiger partial charge in [-0.1, -0.05) is 6.92 Å². The van der Waals surface area contributed by atoms with Crippen molar-refractivity contribution in [3.63, 3.8) is 0 Å². The first-order valence-electron chi connectivity index (χ1n) is 7.41. The lowest BCUT2D eigenvalue weighted by Gasteiger charge is -2.22. The molecule has 0 aromatic carbocycles. The van der Waals surface area contributed by atoms with Crippen molar-refractivity contribution in [2.45, 2.75) is 39.3 Å². The van der Waals surface area contributed by atoms with Gasteiger partial charge in [0.2, 0.25) is 0 Å². The van der Waals surface area contributed by atoms with Crippen LogP contribution in [0.5, 0.6) is 0 Å². The van der Waals surface area contributed by atoms with E-state index >= 15 is 0 Å². The van der Waals surface area contributed by atoms with Crippen LogP contribution >= 0.6 is 0 Å². The number of nitrogens with zero attached hydrogens (tertiary/aromatic N) is 2. The summed E-state index contributed by atoms with van der Waals surface area (Å²) in [5.41, 5.74) is 5.60. The van der Waals surface area contributed by atoms with Crippen molar-refractivity contribution in [3.8, 4) is 0 Å². The van der Waals surface area contributed by atoms with E-state index < -0.39 is 0 Å². The molecule has 118 valence electrons. The molecule has 1 fully saturated rings. The van der Waals surface area contributed by atoms with Crippen LogP contribution < -0.4 is 22.3 Å². The number of nitrogens with one attached hydrogen (secondary N) is 1. The number of rotatable bonds is 5. The van der Waals surface area contributed by atoms with E-state index in [4.69, 9.17) is 10.5 Å². The van der Waals surface area contributed by atoms with E-state index in [1.807, 2.05) is 13.8 Å². The topological polar surface area (TPSA) is 91.3 Å². The maximum absolute atomic E-state index is 12.3. The van der Waals surface area contributed by atoms with E-state index in [-0.39, 0.29) is 23.1 Å². The number of hydrogen-bond donors (Lipinski definition) is 2. The second-order valence-corrected chi connectivity index (χ2v) is 5.62. The van der Waals surface area contributed by atoms with Crippen molar-refractivity contribution < 1.29 is 4.74 Å². The molecule has 1 aromatic rings. The highest BCUT2D eigenvalue weighted by Gasteiger charge is 2.24. The van der Waals surface area contributed by atoms with Crippen LogP contribution in [0.25, 0.3) is 0 Å². The Morgan fingerprint density at radius 2 is 2.19 bits per heavy atom. The fourth-order valence-corrected chi connectivity index (χ4v) is 2.65. The van der Waals surface area contributed by atoms with Gasteiger partial charge in [-0.25, -0.2) is 4.79 Å². The van der Waals surface area contributed by atoms with Crippen LogP contribution in [0.2, 0.25) is 0 Å². The molecule has 1 aromatic heterocycles. The van der Waals surface area contributed by atoms with Gasteiger partial charge in [0.15, 0.2) is 0 Å². The van der Waals surface area contributed by atoms with Crippen LogP contribution in [0.15, 0.2) is 9.59 Å². The number of ether oxygens (including phenoxy) is 1. The van der Waals surface area contributed by atoms with Crippen LogP contribution in [-0.4, -0.2) is 28.4 Å². The van der Waals surface area contributed by atoms with E-state index in [9.17, 15) is 9.59 Å². The summed E-state index contributed by atoms with van der Waals surface area (Å²) >= 11 is 0. The van der Waals surface area contributed by atoms with Gasteiger partial charge < -0.3 is 15.8 Å². The molecular weight excluding hydrogens is 272 g/mol.